The van der Waals surface area contributed by atoms with E-state index < -0.39 is 23.4 Å². The van der Waals surface area contributed by atoms with Gasteiger partial charge in [0.15, 0.2) is 0 Å². The number of carbonyl (C=O) groups is 1. The Kier molecular flexibility index (Phi) is 8.97. The van der Waals surface area contributed by atoms with Crippen molar-refractivity contribution in [3.63, 3.8) is 0 Å². The molecule has 0 aromatic heterocycles. The molecule has 0 bridgehead atoms. The second-order valence-corrected chi connectivity index (χ2v) is 5.74. The van der Waals surface area contributed by atoms with Crippen LogP contribution in [0.1, 0.15) is 53.4 Å². The van der Waals surface area contributed by atoms with Crippen molar-refractivity contribution in [3.8, 4) is 0 Å². The van der Waals surface area contributed by atoms with E-state index in [-0.39, 0.29) is 6.61 Å². The fourth-order valence-electron chi connectivity index (χ4n) is 1.83. The maximum atomic E-state index is 11.3. The van der Waals surface area contributed by atoms with Gasteiger partial charge in [0.2, 0.25) is 0 Å². The third-order valence-electron chi connectivity index (χ3n) is 3.22. The maximum absolute atomic E-state index is 11.3. The fourth-order valence-corrected chi connectivity index (χ4v) is 1.83. The monoisotopic (exact) mass is 276 g/mol. The number of aliphatic hydroxyl groups is 1. The smallest absolute Gasteiger partial charge is 0.307 e. The van der Waals surface area contributed by atoms with E-state index in [0.29, 0.717) is 19.4 Å². The van der Waals surface area contributed by atoms with Gasteiger partial charge < -0.3 is 10.2 Å². The SMILES string of the molecule is CCCCC(C(=O)O)C(C)(C)COOCCC(C)O. The Morgan fingerprint density at radius 2 is 1.89 bits per heavy atom. The van der Waals surface area contributed by atoms with Crippen molar-refractivity contribution in [2.45, 2.75) is 59.5 Å². The van der Waals surface area contributed by atoms with Gasteiger partial charge in [0.25, 0.3) is 0 Å². The summed E-state index contributed by atoms with van der Waals surface area (Å²) in [4.78, 5) is 21.3. The standard InChI is InChI=1S/C14H28O5/c1-5-6-7-12(13(16)17)14(3,4)10-19-18-9-8-11(2)15/h11-12,15H,5-10H2,1-4H3,(H,16,17). The van der Waals surface area contributed by atoms with Crippen LogP contribution in [0.5, 0.6) is 0 Å². The predicted molar refractivity (Wildman–Crippen MR) is 72.6 cm³/mol. The first kappa shape index (κ1) is 18.4. The average Bonchev–Trinajstić information content (AvgIpc) is 2.27. The van der Waals surface area contributed by atoms with Crippen LogP contribution in [-0.2, 0) is 14.6 Å². The Bertz CT molecular complexity index is 250. The van der Waals surface area contributed by atoms with Crippen LogP contribution in [0.3, 0.4) is 0 Å². The summed E-state index contributed by atoms with van der Waals surface area (Å²) in [6.07, 6.45) is 2.59. The van der Waals surface area contributed by atoms with Crippen molar-refractivity contribution < 1.29 is 24.8 Å². The summed E-state index contributed by atoms with van der Waals surface area (Å²) in [7, 11) is 0. The van der Waals surface area contributed by atoms with Crippen LogP contribution in [0.4, 0.5) is 0 Å². The molecule has 0 aromatic carbocycles. The number of carboxylic acids is 1. The first-order valence-electron chi connectivity index (χ1n) is 6.96. The molecule has 5 nitrogen and oxygen atoms in total. The van der Waals surface area contributed by atoms with Gasteiger partial charge in [0, 0.05) is 5.41 Å². The molecule has 0 aliphatic rings. The summed E-state index contributed by atoms with van der Waals surface area (Å²) in [6, 6.07) is 0. The van der Waals surface area contributed by atoms with E-state index in [1.165, 1.54) is 0 Å². The lowest BCUT2D eigenvalue weighted by Gasteiger charge is -2.30. The summed E-state index contributed by atoms with van der Waals surface area (Å²) in [5.74, 6) is -1.22. The van der Waals surface area contributed by atoms with Crippen molar-refractivity contribution >= 4 is 5.97 Å². The molecule has 114 valence electrons. The maximum Gasteiger partial charge on any atom is 0.307 e. The van der Waals surface area contributed by atoms with E-state index in [1.54, 1.807) is 6.92 Å². The average molecular weight is 276 g/mol. The van der Waals surface area contributed by atoms with Gasteiger partial charge in [-0.25, -0.2) is 9.78 Å². The van der Waals surface area contributed by atoms with Crippen LogP contribution in [0.15, 0.2) is 0 Å². The normalized spacial score (nSPS) is 15.2. The lowest BCUT2D eigenvalue weighted by Crippen LogP contribution is -2.35. The van der Waals surface area contributed by atoms with Crippen molar-refractivity contribution in [2.75, 3.05) is 13.2 Å². The number of aliphatic hydroxyl groups excluding tert-OH is 1. The molecule has 2 atom stereocenters. The molecule has 0 saturated heterocycles. The highest BCUT2D eigenvalue weighted by molar-refractivity contribution is 5.70. The second-order valence-electron chi connectivity index (χ2n) is 5.74. The van der Waals surface area contributed by atoms with E-state index in [1.807, 2.05) is 20.8 Å². The molecule has 0 radical (unpaired) electrons. The lowest BCUT2D eigenvalue weighted by atomic mass is 9.77. The molecule has 0 rings (SSSR count). The molecular formula is C14H28O5. The minimum absolute atomic E-state index is 0.230. The minimum atomic E-state index is -0.786. The van der Waals surface area contributed by atoms with Crippen molar-refractivity contribution in [1.29, 1.82) is 0 Å². The van der Waals surface area contributed by atoms with Crippen molar-refractivity contribution in [2.24, 2.45) is 11.3 Å². The van der Waals surface area contributed by atoms with E-state index in [9.17, 15) is 9.90 Å². The zero-order chi connectivity index (χ0) is 14.9. The van der Waals surface area contributed by atoms with Crippen molar-refractivity contribution in [1.82, 2.24) is 0 Å². The first-order chi connectivity index (χ1) is 8.81. The van der Waals surface area contributed by atoms with Gasteiger partial charge >= 0.3 is 5.97 Å². The molecule has 19 heavy (non-hydrogen) atoms. The van der Waals surface area contributed by atoms with Gasteiger partial charge in [-0.05, 0) is 19.8 Å². The van der Waals surface area contributed by atoms with Gasteiger partial charge in [-0.15, -0.1) is 0 Å². The Hall–Kier alpha value is -0.650. The molecule has 0 amide bonds. The summed E-state index contributed by atoms with van der Waals surface area (Å²) in [6.45, 7) is 8.01. The van der Waals surface area contributed by atoms with Crippen LogP contribution in [-0.4, -0.2) is 35.5 Å². The van der Waals surface area contributed by atoms with Crippen molar-refractivity contribution in [3.05, 3.63) is 0 Å². The summed E-state index contributed by atoms with van der Waals surface area (Å²) in [5.41, 5.74) is -0.480. The van der Waals surface area contributed by atoms with E-state index in [0.717, 1.165) is 12.8 Å². The van der Waals surface area contributed by atoms with Crippen LogP contribution >= 0.6 is 0 Å². The zero-order valence-corrected chi connectivity index (χ0v) is 12.5. The number of carboxylic acid groups (broad SMARTS) is 1. The van der Waals surface area contributed by atoms with E-state index in [4.69, 9.17) is 14.9 Å². The molecular weight excluding hydrogens is 248 g/mol. The summed E-state index contributed by atoms with van der Waals surface area (Å²) in [5, 5.41) is 18.3. The zero-order valence-electron chi connectivity index (χ0n) is 12.5. The Morgan fingerprint density at radius 1 is 1.26 bits per heavy atom. The Balaban J connectivity index is 4.13. The number of hydrogen-bond donors (Lipinski definition) is 2. The third kappa shape index (κ3) is 8.18. The highest BCUT2D eigenvalue weighted by Crippen LogP contribution is 2.31. The number of unbranched alkanes of at least 4 members (excludes halogenated alkanes) is 1. The Labute approximate surface area is 115 Å². The van der Waals surface area contributed by atoms with Gasteiger partial charge in [-0.1, -0.05) is 33.6 Å². The molecule has 0 saturated carbocycles. The first-order valence-corrected chi connectivity index (χ1v) is 6.96. The number of rotatable bonds is 11. The van der Waals surface area contributed by atoms with Crippen LogP contribution in [0.2, 0.25) is 0 Å². The number of hydrogen-bond acceptors (Lipinski definition) is 4. The minimum Gasteiger partial charge on any atom is -0.481 e. The third-order valence-corrected chi connectivity index (χ3v) is 3.22. The fraction of sp³-hybridized carbons (Fsp3) is 0.929. The lowest BCUT2D eigenvalue weighted by molar-refractivity contribution is -0.312. The summed E-state index contributed by atoms with van der Waals surface area (Å²) < 4.78 is 0. The Morgan fingerprint density at radius 3 is 2.37 bits per heavy atom. The quantitative estimate of drug-likeness (QED) is 0.345. The van der Waals surface area contributed by atoms with Crippen LogP contribution in [0, 0.1) is 11.3 Å². The molecule has 0 aliphatic heterocycles. The van der Waals surface area contributed by atoms with Gasteiger partial charge in [0.1, 0.15) is 0 Å². The van der Waals surface area contributed by atoms with Gasteiger partial charge in [0.05, 0.1) is 25.2 Å². The highest BCUT2D eigenvalue weighted by Gasteiger charge is 2.35. The van der Waals surface area contributed by atoms with E-state index in [2.05, 4.69) is 0 Å². The molecule has 2 N–H and O–H groups in total. The van der Waals surface area contributed by atoms with Crippen LogP contribution in [0.25, 0.3) is 0 Å². The predicted octanol–water partition coefficient (Wildman–Crippen LogP) is 2.62. The largest absolute Gasteiger partial charge is 0.481 e. The van der Waals surface area contributed by atoms with Gasteiger partial charge in [-0.3, -0.25) is 4.79 Å². The molecule has 5 heteroatoms. The molecule has 0 fully saturated rings. The molecule has 2 unspecified atom stereocenters. The topological polar surface area (TPSA) is 76.0 Å². The number of aliphatic carboxylic acids is 1. The van der Waals surface area contributed by atoms with Gasteiger partial charge in [-0.2, -0.15) is 0 Å². The van der Waals surface area contributed by atoms with E-state index >= 15 is 0 Å². The highest BCUT2D eigenvalue weighted by atomic mass is 17.2. The molecule has 0 aliphatic carbocycles. The summed E-state index contributed by atoms with van der Waals surface area (Å²) >= 11 is 0. The van der Waals surface area contributed by atoms with Crippen LogP contribution < -0.4 is 0 Å². The molecule has 0 heterocycles. The second kappa shape index (κ2) is 9.28. The molecule has 0 aromatic rings. The molecule has 0 spiro atoms.